The minimum Gasteiger partial charge on any atom is -0.465 e. The second kappa shape index (κ2) is 6.63. The van der Waals surface area contributed by atoms with Gasteiger partial charge in [0.1, 0.15) is 0 Å². The van der Waals surface area contributed by atoms with Crippen molar-refractivity contribution in [3.05, 3.63) is 53.6 Å². The fourth-order valence-corrected chi connectivity index (χ4v) is 5.09. The van der Waals surface area contributed by atoms with Crippen molar-refractivity contribution in [1.82, 2.24) is 10.2 Å². The van der Waals surface area contributed by atoms with E-state index in [0.29, 0.717) is 36.3 Å². The van der Waals surface area contributed by atoms with Gasteiger partial charge in [0.15, 0.2) is 9.84 Å². The van der Waals surface area contributed by atoms with Crippen LogP contribution in [0.2, 0.25) is 0 Å². The molecule has 7 nitrogen and oxygen atoms in total. The van der Waals surface area contributed by atoms with Crippen molar-refractivity contribution in [1.29, 1.82) is 0 Å². The molecule has 0 spiro atoms. The number of likely N-dealkylation sites (tertiary alicyclic amines) is 1. The maximum Gasteiger partial charge on any atom is 0.407 e. The topological polar surface area (TPSA) is 104 Å². The van der Waals surface area contributed by atoms with E-state index >= 15 is 0 Å². The van der Waals surface area contributed by atoms with Gasteiger partial charge in [-0.05, 0) is 23.3 Å². The Bertz CT molecular complexity index is 1080. The Morgan fingerprint density at radius 1 is 1.14 bits per heavy atom. The molecule has 28 heavy (non-hydrogen) atoms. The normalized spacial score (nSPS) is 21.5. The third kappa shape index (κ3) is 3.13. The largest absolute Gasteiger partial charge is 0.465 e. The van der Waals surface area contributed by atoms with Crippen LogP contribution in [0.15, 0.2) is 47.4 Å². The quantitative estimate of drug-likeness (QED) is 0.804. The Kier molecular flexibility index (Phi) is 4.38. The summed E-state index contributed by atoms with van der Waals surface area (Å²) in [6.07, 6.45) is 0.200. The van der Waals surface area contributed by atoms with Crippen LogP contribution in [-0.4, -0.2) is 56.3 Å². The lowest BCUT2D eigenvalue weighted by atomic mass is 9.86. The number of sulfone groups is 1. The zero-order valence-corrected chi connectivity index (χ0v) is 16.1. The zero-order valence-electron chi connectivity index (χ0n) is 15.3. The molecule has 2 amide bonds. The summed E-state index contributed by atoms with van der Waals surface area (Å²) in [6.45, 7) is 1.15. The molecule has 2 aliphatic heterocycles. The molecule has 0 aromatic heterocycles. The van der Waals surface area contributed by atoms with Crippen molar-refractivity contribution in [3.8, 4) is 11.1 Å². The van der Waals surface area contributed by atoms with Crippen LogP contribution >= 0.6 is 0 Å². The first-order chi connectivity index (χ1) is 13.3. The first-order valence-electron chi connectivity index (χ1n) is 8.95. The van der Waals surface area contributed by atoms with Gasteiger partial charge in [-0.3, -0.25) is 4.79 Å². The molecule has 2 aromatic rings. The first kappa shape index (κ1) is 18.5. The van der Waals surface area contributed by atoms with Crippen LogP contribution < -0.4 is 5.32 Å². The van der Waals surface area contributed by atoms with Crippen LogP contribution in [0.5, 0.6) is 0 Å². The van der Waals surface area contributed by atoms with Crippen molar-refractivity contribution in [2.75, 3.05) is 25.9 Å². The van der Waals surface area contributed by atoms with Crippen LogP contribution in [0, 0.1) is 5.92 Å². The zero-order chi connectivity index (χ0) is 20.1. The number of hydrogen-bond donors (Lipinski definition) is 2. The van der Waals surface area contributed by atoms with Gasteiger partial charge in [-0.1, -0.05) is 30.3 Å². The molecular weight excluding hydrogens is 380 g/mol. The van der Waals surface area contributed by atoms with Crippen molar-refractivity contribution >= 4 is 21.8 Å². The molecule has 146 valence electrons. The summed E-state index contributed by atoms with van der Waals surface area (Å²) in [4.78, 5) is 25.6. The van der Waals surface area contributed by atoms with Gasteiger partial charge in [-0.25, -0.2) is 13.2 Å². The highest BCUT2D eigenvalue weighted by Crippen LogP contribution is 2.38. The highest BCUT2D eigenvalue weighted by Gasteiger charge is 2.40. The van der Waals surface area contributed by atoms with E-state index in [1.54, 1.807) is 30.3 Å². The molecule has 2 heterocycles. The van der Waals surface area contributed by atoms with E-state index in [9.17, 15) is 23.1 Å². The minimum atomic E-state index is -3.43. The second-order valence-electron chi connectivity index (χ2n) is 7.33. The summed E-state index contributed by atoms with van der Waals surface area (Å²) in [6, 6.07) is 12.0. The molecule has 2 unspecified atom stereocenters. The Labute approximate surface area is 162 Å². The summed E-state index contributed by atoms with van der Waals surface area (Å²) >= 11 is 0. The maximum atomic E-state index is 12.7. The standard InChI is InChI=1S/C20H20N2O5S/c1-28(26,27)18-5-3-2-4-14(18)12-6-7-15-16(8-12)19(23)21-9-13-10-22(20(24)25)11-17(13)15/h2-8,13,17H,9-11H2,1H3,(H,21,23)(H,24,25). The lowest BCUT2D eigenvalue weighted by Crippen LogP contribution is -2.31. The number of nitrogens with zero attached hydrogens (tertiary/aromatic N) is 1. The summed E-state index contributed by atoms with van der Waals surface area (Å²) in [5, 5.41) is 12.2. The lowest BCUT2D eigenvalue weighted by molar-refractivity contribution is 0.0951. The minimum absolute atomic E-state index is 0.0236. The molecule has 1 fully saturated rings. The van der Waals surface area contributed by atoms with Crippen LogP contribution in [0.4, 0.5) is 4.79 Å². The number of amides is 2. The van der Waals surface area contributed by atoms with Gasteiger partial charge >= 0.3 is 6.09 Å². The van der Waals surface area contributed by atoms with E-state index in [1.165, 1.54) is 4.90 Å². The Morgan fingerprint density at radius 3 is 2.61 bits per heavy atom. The van der Waals surface area contributed by atoms with Crippen molar-refractivity contribution in [2.45, 2.75) is 10.8 Å². The van der Waals surface area contributed by atoms with Gasteiger partial charge < -0.3 is 15.3 Å². The number of benzene rings is 2. The molecule has 8 heteroatoms. The van der Waals surface area contributed by atoms with Gasteiger partial charge in [0.2, 0.25) is 0 Å². The Morgan fingerprint density at radius 2 is 1.89 bits per heavy atom. The monoisotopic (exact) mass is 400 g/mol. The number of rotatable bonds is 2. The number of carbonyl (C=O) groups is 2. The Balaban J connectivity index is 1.81. The predicted octanol–water partition coefficient (Wildman–Crippen LogP) is 2.19. The molecule has 2 atom stereocenters. The first-order valence-corrected chi connectivity index (χ1v) is 10.8. The number of nitrogens with one attached hydrogen (secondary N) is 1. The molecule has 0 bridgehead atoms. The van der Waals surface area contributed by atoms with Crippen molar-refractivity contribution < 1.29 is 23.1 Å². The summed E-state index contributed by atoms with van der Waals surface area (Å²) in [5.74, 6) is -0.260. The fraction of sp³-hybridized carbons (Fsp3) is 0.300. The van der Waals surface area contributed by atoms with E-state index in [0.717, 1.165) is 11.8 Å². The van der Waals surface area contributed by atoms with Crippen molar-refractivity contribution in [3.63, 3.8) is 0 Å². The average Bonchev–Trinajstić information content (AvgIpc) is 3.04. The highest BCUT2D eigenvalue weighted by molar-refractivity contribution is 7.90. The van der Waals surface area contributed by atoms with Gasteiger partial charge in [-0.15, -0.1) is 0 Å². The molecule has 4 rings (SSSR count). The van der Waals surface area contributed by atoms with E-state index in [2.05, 4.69) is 5.32 Å². The highest BCUT2D eigenvalue weighted by atomic mass is 32.2. The molecule has 1 saturated heterocycles. The molecule has 2 aromatic carbocycles. The molecule has 2 N–H and O–H groups in total. The van der Waals surface area contributed by atoms with E-state index in [4.69, 9.17) is 0 Å². The van der Waals surface area contributed by atoms with E-state index in [1.807, 2.05) is 12.1 Å². The van der Waals surface area contributed by atoms with Gasteiger partial charge in [0.05, 0.1) is 4.90 Å². The summed E-state index contributed by atoms with van der Waals surface area (Å²) in [7, 11) is -3.43. The third-order valence-electron chi connectivity index (χ3n) is 5.53. The van der Waals surface area contributed by atoms with Gasteiger partial charge in [-0.2, -0.15) is 0 Å². The molecule has 0 aliphatic carbocycles. The van der Waals surface area contributed by atoms with E-state index < -0.39 is 15.9 Å². The molecule has 2 aliphatic rings. The van der Waals surface area contributed by atoms with Crippen molar-refractivity contribution in [2.24, 2.45) is 5.92 Å². The maximum absolute atomic E-state index is 12.7. The molecular formula is C20H20N2O5S. The molecule has 0 saturated carbocycles. The lowest BCUT2D eigenvalue weighted by Gasteiger charge is -2.17. The number of carboxylic acid groups (broad SMARTS) is 1. The smallest absolute Gasteiger partial charge is 0.407 e. The number of fused-ring (bicyclic) bond motifs is 3. The predicted molar refractivity (Wildman–Crippen MR) is 103 cm³/mol. The summed E-state index contributed by atoms with van der Waals surface area (Å²) < 4.78 is 24.3. The average molecular weight is 400 g/mol. The third-order valence-corrected chi connectivity index (χ3v) is 6.69. The van der Waals surface area contributed by atoms with Crippen LogP contribution in [0.1, 0.15) is 21.8 Å². The van der Waals surface area contributed by atoms with Crippen LogP contribution in [0.3, 0.4) is 0 Å². The number of carbonyl (C=O) groups excluding carboxylic acids is 1. The molecule has 0 radical (unpaired) electrons. The summed E-state index contributed by atoms with van der Waals surface area (Å²) in [5.41, 5.74) is 2.46. The second-order valence-corrected chi connectivity index (χ2v) is 9.32. The van der Waals surface area contributed by atoms with Crippen LogP contribution in [0.25, 0.3) is 11.1 Å². The van der Waals surface area contributed by atoms with Gasteiger partial charge in [0, 0.05) is 48.9 Å². The van der Waals surface area contributed by atoms with Gasteiger partial charge in [0.25, 0.3) is 5.91 Å². The fourth-order valence-electron chi connectivity index (χ4n) is 4.18. The number of hydrogen-bond acceptors (Lipinski definition) is 4. The van der Waals surface area contributed by atoms with E-state index in [-0.39, 0.29) is 22.6 Å². The van der Waals surface area contributed by atoms with Crippen LogP contribution in [-0.2, 0) is 9.84 Å². The SMILES string of the molecule is CS(=O)(=O)c1ccccc1-c1ccc2c(c1)C(=O)NCC1CN(C(=O)O)CC21. The Hall–Kier alpha value is -2.87.